The molecule has 0 saturated heterocycles. The van der Waals surface area contributed by atoms with Crippen LogP contribution in [0.15, 0.2) is 41.2 Å². The predicted molar refractivity (Wildman–Crippen MR) is 96.6 cm³/mol. The van der Waals surface area contributed by atoms with Crippen LogP contribution in [0.4, 0.5) is 5.13 Å². The van der Waals surface area contributed by atoms with Crippen LogP contribution in [0, 0.1) is 6.92 Å². The van der Waals surface area contributed by atoms with Gasteiger partial charge in [0.05, 0.1) is 5.69 Å². The standard InChI is InChI=1S/C17H17N5O2S/c1-3-12-4-6-13(7-5-12)14-8-9-16(24)22(21-14)10-15(23)18-17-20-19-11(2)25-17/h4-9H,3,10H2,1-2H3,(H,18,20,23). The zero-order chi connectivity index (χ0) is 17.8. The molecule has 3 rings (SSSR count). The van der Waals surface area contributed by atoms with Gasteiger partial charge in [0.15, 0.2) is 0 Å². The Bertz CT molecular complexity index is 946. The van der Waals surface area contributed by atoms with Crippen molar-refractivity contribution in [1.82, 2.24) is 20.0 Å². The van der Waals surface area contributed by atoms with Gasteiger partial charge in [-0.25, -0.2) is 4.68 Å². The molecule has 2 heterocycles. The third-order valence-electron chi connectivity index (χ3n) is 3.59. The molecular formula is C17H17N5O2S. The molecule has 1 amide bonds. The van der Waals surface area contributed by atoms with E-state index in [0.29, 0.717) is 10.8 Å². The summed E-state index contributed by atoms with van der Waals surface area (Å²) in [6.45, 7) is 3.70. The Labute approximate surface area is 148 Å². The van der Waals surface area contributed by atoms with E-state index >= 15 is 0 Å². The van der Waals surface area contributed by atoms with E-state index in [-0.39, 0.29) is 18.0 Å². The third-order valence-corrected chi connectivity index (χ3v) is 4.34. The number of anilines is 1. The van der Waals surface area contributed by atoms with Gasteiger partial charge in [0.2, 0.25) is 11.0 Å². The summed E-state index contributed by atoms with van der Waals surface area (Å²) in [5.74, 6) is -0.371. The smallest absolute Gasteiger partial charge is 0.267 e. The minimum absolute atomic E-state index is 0.182. The second kappa shape index (κ2) is 7.35. The number of carbonyl (C=O) groups excluding carboxylic acids is 1. The van der Waals surface area contributed by atoms with E-state index < -0.39 is 0 Å². The van der Waals surface area contributed by atoms with Gasteiger partial charge in [-0.3, -0.25) is 14.9 Å². The molecule has 3 aromatic rings. The first-order valence-electron chi connectivity index (χ1n) is 7.82. The first-order chi connectivity index (χ1) is 12.0. The number of hydrogen-bond acceptors (Lipinski definition) is 6. The SMILES string of the molecule is CCc1ccc(-c2ccc(=O)n(CC(=O)Nc3nnc(C)s3)n2)cc1. The molecule has 0 bridgehead atoms. The predicted octanol–water partition coefficient (Wildman–Crippen LogP) is 2.27. The highest BCUT2D eigenvalue weighted by atomic mass is 32.1. The largest absolute Gasteiger partial charge is 0.299 e. The Morgan fingerprint density at radius 3 is 2.56 bits per heavy atom. The lowest BCUT2D eigenvalue weighted by molar-refractivity contribution is -0.117. The molecule has 1 aromatic carbocycles. The van der Waals surface area contributed by atoms with Crippen LogP contribution < -0.4 is 10.9 Å². The maximum absolute atomic E-state index is 12.1. The fourth-order valence-electron chi connectivity index (χ4n) is 2.27. The van der Waals surface area contributed by atoms with Crippen molar-refractivity contribution in [3.63, 3.8) is 0 Å². The first kappa shape index (κ1) is 17.0. The average Bonchev–Trinajstić information content (AvgIpc) is 3.01. The fraction of sp³-hybridized carbons (Fsp3) is 0.235. The van der Waals surface area contributed by atoms with Crippen molar-refractivity contribution in [2.24, 2.45) is 0 Å². The topological polar surface area (TPSA) is 89.8 Å². The average molecular weight is 355 g/mol. The number of amides is 1. The van der Waals surface area contributed by atoms with Crippen molar-refractivity contribution in [3.8, 4) is 11.3 Å². The minimum Gasteiger partial charge on any atom is -0.299 e. The molecule has 0 aliphatic heterocycles. The molecule has 0 aliphatic carbocycles. The Morgan fingerprint density at radius 1 is 1.16 bits per heavy atom. The van der Waals surface area contributed by atoms with Gasteiger partial charge in [0.1, 0.15) is 11.6 Å². The van der Waals surface area contributed by atoms with Crippen LogP contribution >= 0.6 is 11.3 Å². The molecule has 25 heavy (non-hydrogen) atoms. The third kappa shape index (κ3) is 4.16. The normalized spacial score (nSPS) is 10.6. The zero-order valence-electron chi connectivity index (χ0n) is 13.9. The number of aryl methyl sites for hydroxylation is 2. The van der Waals surface area contributed by atoms with Gasteiger partial charge < -0.3 is 0 Å². The lowest BCUT2D eigenvalue weighted by atomic mass is 10.1. The van der Waals surface area contributed by atoms with Crippen LogP contribution in [0.2, 0.25) is 0 Å². The number of aromatic nitrogens is 4. The van der Waals surface area contributed by atoms with Gasteiger partial charge in [-0.05, 0) is 25.0 Å². The highest BCUT2D eigenvalue weighted by molar-refractivity contribution is 7.15. The Hall–Kier alpha value is -2.87. The van der Waals surface area contributed by atoms with Gasteiger partial charge in [-0.2, -0.15) is 5.10 Å². The first-order valence-corrected chi connectivity index (χ1v) is 8.64. The van der Waals surface area contributed by atoms with Gasteiger partial charge in [0, 0.05) is 11.6 Å². The Balaban J connectivity index is 1.79. The Kier molecular flexibility index (Phi) is 4.99. The second-order valence-electron chi connectivity index (χ2n) is 5.44. The molecule has 0 spiro atoms. The molecule has 0 saturated carbocycles. The molecule has 7 nitrogen and oxygen atoms in total. The minimum atomic E-state index is -0.371. The lowest BCUT2D eigenvalue weighted by Crippen LogP contribution is -2.29. The van der Waals surface area contributed by atoms with Gasteiger partial charge >= 0.3 is 0 Å². The van der Waals surface area contributed by atoms with E-state index in [2.05, 4.69) is 27.5 Å². The maximum atomic E-state index is 12.1. The molecule has 128 valence electrons. The number of rotatable bonds is 5. The van der Waals surface area contributed by atoms with Gasteiger partial charge in [-0.15, -0.1) is 10.2 Å². The molecule has 0 fully saturated rings. The van der Waals surface area contributed by atoms with E-state index in [4.69, 9.17) is 0 Å². The highest BCUT2D eigenvalue weighted by Gasteiger charge is 2.10. The Morgan fingerprint density at radius 2 is 1.92 bits per heavy atom. The summed E-state index contributed by atoms with van der Waals surface area (Å²) < 4.78 is 1.15. The molecular weight excluding hydrogens is 338 g/mol. The molecule has 0 atom stereocenters. The van der Waals surface area contributed by atoms with Crippen LogP contribution in [0.25, 0.3) is 11.3 Å². The van der Waals surface area contributed by atoms with Crippen molar-refractivity contribution in [2.45, 2.75) is 26.8 Å². The van der Waals surface area contributed by atoms with Crippen LogP contribution in [-0.2, 0) is 17.8 Å². The number of benzene rings is 1. The summed E-state index contributed by atoms with van der Waals surface area (Å²) in [5, 5.41) is 15.7. The zero-order valence-corrected chi connectivity index (χ0v) is 14.7. The monoisotopic (exact) mass is 355 g/mol. The van der Waals surface area contributed by atoms with Crippen molar-refractivity contribution in [3.05, 3.63) is 57.3 Å². The summed E-state index contributed by atoms with van der Waals surface area (Å²) in [5.41, 5.74) is 2.43. The van der Waals surface area contributed by atoms with Crippen molar-refractivity contribution < 1.29 is 4.79 Å². The molecule has 1 N–H and O–H groups in total. The molecule has 0 unspecified atom stereocenters. The number of carbonyl (C=O) groups is 1. The summed E-state index contributed by atoms with van der Waals surface area (Å²) in [6, 6.07) is 11.0. The van der Waals surface area contributed by atoms with E-state index in [1.807, 2.05) is 24.3 Å². The van der Waals surface area contributed by atoms with E-state index in [9.17, 15) is 9.59 Å². The molecule has 8 heteroatoms. The van der Waals surface area contributed by atoms with Crippen molar-refractivity contribution in [2.75, 3.05) is 5.32 Å². The maximum Gasteiger partial charge on any atom is 0.267 e. The van der Waals surface area contributed by atoms with Gasteiger partial charge in [0.25, 0.3) is 5.56 Å². The number of hydrogen-bond donors (Lipinski definition) is 1. The quantitative estimate of drug-likeness (QED) is 0.758. The number of nitrogens with one attached hydrogen (secondary N) is 1. The summed E-state index contributed by atoms with van der Waals surface area (Å²) >= 11 is 1.27. The van der Waals surface area contributed by atoms with Crippen molar-refractivity contribution >= 4 is 22.4 Å². The second-order valence-corrected chi connectivity index (χ2v) is 6.62. The molecule has 0 radical (unpaired) electrons. The highest BCUT2D eigenvalue weighted by Crippen LogP contribution is 2.17. The summed E-state index contributed by atoms with van der Waals surface area (Å²) in [4.78, 5) is 24.1. The van der Waals surface area contributed by atoms with E-state index in [1.165, 1.54) is 23.0 Å². The van der Waals surface area contributed by atoms with E-state index in [0.717, 1.165) is 21.7 Å². The number of nitrogens with zero attached hydrogens (tertiary/aromatic N) is 4. The van der Waals surface area contributed by atoms with Crippen LogP contribution in [0.5, 0.6) is 0 Å². The fourth-order valence-corrected chi connectivity index (χ4v) is 2.88. The summed E-state index contributed by atoms with van der Waals surface area (Å²) in [7, 11) is 0. The van der Waals surface area contributed by atoms with Crippen LogP contribution in [0.3, 0.4) is 0 Å². The molecule has 2 aromatic heterocycles. The lowest BCUT2D eigenvalue weighted by Gasteiger charge is -2.07. The molecule has 0 aliphatic rings. The van der Waals surface area contributed by atoms with Crippen LogP contribution in [0.1, 0.15) is 17.5 Å². The van der Waals surface area contributed by atoms with E-state index in [1.54, 1.807) is 13.0 Å². The van der Waals surface area contributed by atoms with Gasteiger partial charge in [-0.1, -0.05) is 42.5 Å². The van der Waals surface area contributed by atoms with Crippen molar-refractivity contribution in [1.29, 1.82) is 0 Å². The van der Waals surface area contributed by atoms with Crippen LogP contribution in [-0.4, -0.2) is 25.9 Å². The summed E-state index contributed by atoms with van der Waals surface area (Å²) in [6.07, 6.45) is 0.957.